The van der Waals surface area contributed by atoms with Gasteiger partial charge >= 0.3 is 0 Å². The molecule has 0 bridgehead atoms. The van der Waals surface area contributed by atoms with Gasteiger partial charge in [-0.25, -0.2) is 8.42 Å². The summed E-state index contributed by atoms with van der Waals surface area (Å²) in [4.78, 5) is 10.9. The van der Waals surface area contributed by atoms with Crippen LogP contribution in [0.1, 0.15) is 15.9 Å². The molecular formula is C14H12ClNO3S. The van der Waals surface area contributed by atoms with Crippen molar-refractivity contribution in [3.8, 4) is 0 Å². The van der Waals surface area contributed by atoms with Crippen LogP contribution in [0.4, 0.5) is 5.69 Å². The maximum Gasteiger partial charge on any atom is 0.252 e. The molecule has 2 aromatic carbocycles. The molecule has 104 valence electrons. The summed E-state index contributed by atoms with van der Waals surface area (Å²) in [5.41, 5.74) is 1.41. The highest BCUT2D eigenvalue weighted by Crippen LogP contribution is 2.15. The second-order valence-corrected chi connectivity index (χ2v) is 6.26. The Balaban J connectivity index is 2.10. The molecule has 0 saturated carbocycles. The van der Waals surface area contributed by atoms with Crippen LogP contribution in [0.25, 0.3) is 0 Å². The zero-order chi connectivity index (χ0) is 14.6. The maximum atomic E-state index is 12.0. The van der Waals surface area contributed by atoms with Crippen molar-refractivity contribution in [2.75, 3.05) is 4.72 Å². The lowest BCUT2D eigenvalue weighted by molar-refractivity contribution is 0.108. The quantitative estimate of drug-likeness (QED) is 0.864. The number of halogens is 1. The van der Waals surface area contributed by atoms with Crippen LogP contribution in [-0.2, 0) is 15.8 Å². The standard InChI is InChI=1S/C14H12ClNO3S/c15-14(17)12-6-8-13(9-7-12)16-20(18,19)10-11-4-2-1-3-5-11/h1-9,16H,10H2. The SMILES string of the molecule is O=C(Cl)c1ccc(NS(=O)(=O)Cc2ccccc2)cc1. The summed E-state index contributed by atoms with van der Waals surface area (Å²) in [6.07, 6.45) is 0. The van der Waals surface area contributed by atoms with E-state index in [0.29, 0.717) is 16.8 Å². The first-order valence-electron chi connectivity index (χ1n) is 5.80. The van der Waals surface area contributed by atoms with E-state index >= 15 is 0 Å². The summed E-state index contributed by atoms with van der Waals surface area (Å²) < 4.78 is 26.4. The Morgan fingerprint density at radius 1 is 1.00 bits per heavy atom. The van der Waals surface area contributed by atoms with Gasteiger partial charge in [0.25, 0.3) is 5.24 Å². The Bertz CT molecular complexity index is 697. The average molecular weight is 310 g/mol. The third-order valence-electron chi connectivity index (χ3n) is 2.58. The molecule has 0 atom stereocenters. The zero-order valence-electron chi connectivity index (χ0n) is 10.4. The number of hydrogen-bond donors (Lipinski definition) is 1. The number of benzene rings is 2. The third kappa shape index (κ3) is 4.08. The van der Waals surface area contributed by atoms with E-state index in [1.807, 2.05) is 6.07 Å². The van der Waals surface area contributed by atoms with Crippen molar-refractivity contribution in [2.45, 2.75) is 5.75 Å². The molecule has 0 unspecified atom stereocenters. The van der Waals surface area contributed by atoms with E-state index in [2.05, 4.69) is 4.72 Å². The molecule has 4 nitrogen and oxygen atoms in total. The van der Waals surface area contributed by atoms with Gasteiger partial charge in [-0.15, -0.1) is 0 Å². The lowest BCUT2D eigenvalue weighted by Crippen LogP contribution is -2.15. The van der Waals surface area contributed by atoms with Crippen molar-refractivity contribution in [1.29, 1.82) is 0 Å². The van der Waals surface area contributed by atoms with Crippen molar-refractivity contribution in [2.24, 2.45) is 0 Å². The van der Waals surface area contributed by atoms with Gasteiger partial charge in [0.15, 0.2) is 0 Å². The van der Waals surface area contributed by atoms with Gasteiger partial charge in [0.2, 0.25) is 10.0 Å². The fourth-order valence-electron chi connectivity index (χ4n) is 1.68. The normalized spacial score (nSPS) is 11.1. The van der Waals surface area contributed by atoms with Crippen LogP contribution in [0.3, 0.4) is 0 Å². The third-order valence-corrected chi connectivity index (χ3v) is 4.06. The largest absolute Gasteiger partial charge is 0.283 e. The summed E-state index contributed by atoms with van der Waals surface area (Å²) in [6, 6.07) is 14.8. The van der Waals surface area contributed by atoms with E-state index in [-0.39, 0.29) is 5.75 Å². The fourth-order valence-corrected chi connectivity index (χ4v) is 3.00. The minimum absolute atomic E-state index is 0.107. The predicted octanol–water partition coefficient (Wildman–Crippen LogP) is 3.01. The van der Waals surface area contributed by atoms with Crippen LogP contribution in [-0.4, -0.2) is 13.7 Å². The van der Waals surface area contributed by atoms with Crippen LogP contribution < -0.4 is 4.72 Å². The van der Waals surface area contributed by atoms with Gasteiger partial charge in [0.1, 0.15) is 0 Å². The number of rotatable bonds is 5. The van der Waals surface area contributed by atoms with Gasteiger partial charge in [-0.1, -0.05) is 30.3 Å². The second-order valence-electron chi connectivity index (χ2n) is 4.20. The average Bonchev–Trinajstić information content (AvgIpc) is 2.39. The Kier molecular flexibility index (Phi) is 4.42. The van der Waals surface area contributed by atoms with Gasteiger partial charge in [0.05, 0.1) is 5.75 Å². The van der Waals surface area contributed by atoms with E-state index < -0.39 is 15.3 Å². The second kappa shape index (κ2) is 6.07. The smallest absolute Gasteiger partial charge is 0.252 e. The molecular weight excluding hydrogens is 298 g/mol. The Morgan fingerprint density at radius 3 is 2.15 bits per heavy atom. The van der Waals surface area contributed by atoms with Crippen LogP contribution in [0, 0.1) is 0 Å². The molecule has 6 heteroatoms. The monoisotopic (exact) mass is 309 g/mol. The molecule has 2 aromatic rings. The van der Waals surface area contributed by atoms with Crippen molar-refractivity contribution in [3.63, 3.8) is 0 Å². The summed E-state index contributed by atoms with van der Waals surface area (Å²) in [7, 11) is -3.49. The van der Waals surface area contributed by atoms with Crippen molar-refractivity contribution in [1.82, 2.24) is 0 Å². The van der Waals surface area contributed by atoms with Gasteiger partial charge < -0.3 is 0 Å². The van der Waals surface area contributed by atoms with E-state index in [1.54, 1.807) is 24.3 Å². The molecule has 0 aromatic heterocycles. The molecule has 0 aliphatic rings. The molecule has 1 N–H and O–H groups in total. The highest BCUT2D eigenvalue weighted by molar-refractivity contribution is 7.91. The highest BCUT2D eigenvalue weighted by atomic mass is 35.5. The summed E-state index contributed by atoms with van der Waals surface area (Å²) in [5, 5.41) is -0.580. The molecule has 0 saturated heterocycles. The molecule has 20 heavy (non-hydrogen) atoms. The van der Waals surface area contributed by atoms with E-state index in [0.717, 1.165) is 0 Å². The van der Waals surface area contributed by atoms with Crippen LogP contribution in [0.2, 0.25) is 0 Å². The fraction of sp³-hybridized carbons (Fsp3) is 0.0714. The molecule has 2 rings (SSSR count). The van der Waals surface area contributed by atoms with Gasteiger partial charge in [-0.05, 0) is 41.4 Å². The highest BCUT2D eigenvalue weighted by Gasteiger charge is 2.11. The first kappa shape index (κ1) is 14.6. The van der Waals surface area contributed by atoms with Crippen LogP contribution >= 0.6 is 11.6 Å². The van der Waals surface area contributed by atoms with Gasteiger partial charge in [-0.3, -0.25) is 9.52 Å². The molecule has 0 heterocycles. The maximum absolute atomic E-state index is 12.0. The number of anilines is 1. The first-order valence-corrected chi connectivity index (χ1v) is 7.84. The van der Waals surface area contributed by atoms with Crippen molar-refractivity contribution < 1.29 is 13.2 Å². The first-order chi connectivity index (χ1) is 9.46. The Labute approximate surface area is 122 Å². The lowest BCUT2D eigenvalue weighted by Gasteiger charge is -2.08. The van der Waals surface area contributed by atoms with E-state index in [1.165, 1.54) is 24.3 Å². The van der Waals surface area contributed by atoms with Gasteiger partial charge in [0, 0.05) is 11.3 Å². The van der Waals surface area contributed by atoms with E-state index in [9.17, 15) is 13.2 Å². The molecule has 0 amide bonds. The van der Waals surface area contributed by atoms with Crippen molar-refractivity contribution >= 4 is 32.6 Å². The lowest BCUT2D eigenvalue weighted by atomic mass is 10.2. The molecule has 0 aliphatic heterocycles. The van der Waals surface area contributed by atoms with E-state index in [4.69, 9.17) is 11.6 Å². The molecule has 0 fully saturated rings. The number of sulfonamides is 1. The summed E-state index contributed by atoms with van der Waals surface area (Å²) >= 11 is 5.32. The number of hydrogen-bond acceptors (Lipinski definition) is 3. The summed E-state index contributed by atoms with van der Waals surface area (Å²) in [6.45, 7) is 0. The minimum Gasteiger partial charge on any atom is -0.283 e. The van der Waals surface area contributed by atoms with Crippen molar-refractivity contribution in [3.05, 3.63) is 65.7 Å². The molecule has 0 aliphatic carbocycles. The molecule has 0 radical (unpaired) electrons. The Morgan fingerprint density at radius 2 is 1.60 bits per heavy atom. The number of nitrogens with one attached hydrogen (secondary N) is 1. The summed E-state index contributed by atoms with van der Waals surface area (Å²) in [5.74, 6) is -0.107. The number of carbonyl (C=O) groups is 1. The minimum atomic E-state index is -3.49. The zero-order valence-corrected chi connectivity index (χ0v) is 12.0. The van der Waals surface area contributed by atoms with Crippen LogP contribution in [0.15, 0.2) is 54.6 Å². The number of carbonyl (C=O) groups excluding carboxylic acids is 1. The predicted molar refractivity (Wildman–Crippen MR) is 79.3 cm³/mol. The topological polar surface area (TPSA) is 63.2 Å². The van der Waals surface area contributed by atoms with Crippen LogP contribution in [0.5, 0.6) is 0 Å². The molecule has 0 spiro atoms. The van der Waals surface area contributed by atoms with Gasteiger partial charge in [-0.2, -0.15) is 0 Å². The Hall–Kier alpha value is -1.85.